The number of aliphatic hydroxyl groups excluding tert-OH is 1. The molecule has 1 aromatic heterocycles. The minimum absolute atomic E-state index is 0.00120. The van der Waals surface area contributed by atoms with E-state index in [1.165, 1.54) is 0 Å². The molecule has 0 spiro atoms. The number of β-amino-alcohol motifs (C(OH)–C–C–N with tert-alkyl or cyclic N) is 1. The summed E-state index contributed by atoms with van der Waals surface area (Å²) < 4.78 is 0. The van der Waals surface area contributed by atoms with Gasteiger partial charge in [0.2, 0.25) is 11.8 Å². The summed E-state index contributed by atoms with van der Waals surface area (Å²) >= 11 is 0. The van der Waals surface area contributed by atoms with Gasteiger partial charge in [-0.15, -0.1) is 0 Å². The molecule has 0 unspecified atom stereocenters. The highest BCUT2D eigenvalue weighted by molar-refractivity contribution is 5.85. The van der Waals surface area contributed by atoms with Gasteiger partial charge in [-0.2, -0.15) is 5.10 Å². The van der Waals surface area contributed by atoms with E-state index in [-0.39, 0.29) is 24.3 Å². The lowest BCUT2D eigenvalue weighted by molar-refractivity contribution is -0.141. The molecule has 2 N–H and O–H groups in total. The van der Waals surface area contributed by atoms with Gasteiger partial charge in [0.1, 0.15) is 0 Å². The lowest BCUT2D eigenvalue weighted by atomic mass is 10.0. The van der Waals surface area contributed by atoms with Gasteiger partial charge in [0, 0.05) is 37.7 Å². The van der Waals surface area contributed by atoms with Crippen LogP contribution in [-0.2, 0) is 16.0 Å². The highest BCUT2D eigenvalue weighted by Crippen LogP contribution is 2.22. The number of likely N-dealkylation sites (tertiary alicyclic amines) is 2. The van der Waals surface area contributed by atoms with E-state index in [0.717, 1.165) is 24.2 Å². The van der Waals surface area contributed by atoms with Crippen LogP contribution in [0.3, 0.4) is 0 Å². The maximum atomic E-state index is 12.4. The Bertz CT molecular complexity index is 586. The second kappa shape index (κ2) is 6.70. The van der Waals surface area contributed by atoms with Gasteiger partial charge in [0.15, 0.2) is 0 Å². The molecule has 2 amide bonds. The van der Waals surface area contributed by atoms with Crippen molar-refractivity contribution >= 4 is 11.8 Å². The van der Waals surface area contributed by atoms with E-state index in [4.69, 9.17) is 0 Å². The topological polar surface area (TPSA) is 89.5 Å². The van der Waals surface area contributed by atoms with Crippen LogP contribution in [0.25, 0.3) is 0 Å². The third-order valence-corrected chi connectivity index (χ3v) is 4.74. The average Bonchev–Trinajstić information content (AvgIpc) is 3.08. The minimum Gasteiger partial charge on any atom is -0.391 e. The van der Waals surface area contributed by atoms with Crippen LogP contribution in [0.15, 0.2) is 6.07 Å². The molecule has 7 heteroatoms. The molecule has 2 saturated heterocycles. The summed E-state index contributed by atoms with van der Waals surface area (Å²) in [5, 5.41) is 17.3. The number of aromatic nitrogens is 2. The smallest absolute Gasteiger partial charge is 0.242 e. The molecule has 0 bridgehead atoms. The number of piperidine rings is 1. The van der Waals surface area contributed by atoms with Crippen molar-refractivity contribution in [2.24, 2.45) is 5.92 Å². The summed E-state index contributed by atoms with van der Waals surface area (Å²) in [4.78, 5) is 27.5. The average molecular weight is 320 g/mol. The first kappa shape index (κ1) is 16.0. The normalized spacial score (nSPS) is 25.2. The largest absolute Gasteiger partial charge is 0.391 e. The molecule has 0 saturated carbocycles. The van der Waals surface area contributed by atoms with Crippen LogP contribution in [0.5, 0.6) is 0 Å². The van der Waals surface area contributed by atoms with E-state index in [9.17, 15) is 14.7 Å². The molecule has 23 heavy (non-hydrogen) atoms. The van der Waals surface area contributed by atoms with Gasteiger partial charge in [0.25, 0.3) is 0 Å². The number of aryl methyl sites for hydroxylation is 1. The van der Waals surface area contributed by atoms with Crippen LogP contribution in [0.2, 0.25) is 0 Å². The van der Waals surface area contributed by atoms with Gasteiger partial charge in [0.05, 0.1) is 18.3 Å². The van der Waals surface area contributed by atoms with Gasteiger partial charge in [-0.3, -0.25) is 14.7 Å². The molecule has 2 aliphatic heterocycles. The van der Waals surface area contributed by atoms with Crippen LogP contribution < -0.4 is 0 Å². The van der Waals surface area contributed by atoms with Crippen molar-refractivity contribution in [3.8, 4) is 0 Å². The Labute approximate surface area is 135 Å². The highest BCUT2D eigenvalue weighted by Gasteiger charge is 2.35. The zero-order valence-electron chi connectivity index (χ0n) is 13.5. The fourth-order valence-corrected chi connectivity index (χ4v) is 3.40. The molecule has 2 fully saturated rings. The van der Waals surface area contributed by atoms with E-state index < -0.39 is 6.10 Å². The first-order valence-electron chi connectivity index (χ1n) is 8.27. The molecular weight excluding hydrogens is 296 g/mol. The molecule has 0 radical (unpaired) electrons. The zero-order chi connectivity index (χ0) is 16.4. The fraction of sp³-hybridized carbons (Fsp3) is 0.688. The van der Waals surface area contributed by atoms with Crippen molar-refractivity contribution in [2.45, 2.75) is 38.7 Å². The standard InChI is InChI=1S/C16H24N4O3/c1-11-6-13(18-17-11)7-12-8-20(9-14(12)21)16(23)10-19-5-3-2-4-15(19)22/h6,12,14,21H,2-5,7-10H2,1H3,(H,17,18)/t12-,14+/m1/s1. The first-order valence-corrected chi connectivity index (χ1v) is 8.27. The number of nitrogens with one attached hydrogen (secondary N) is 1. The molecule has 126 valence electrons. The van der Waals surface area contributed by atoms with Gasteiger partial charge in [-0.1, -0.05) is 0 Å². The van der Waals surface area contributed by atoms with Gasteiger partial charge >= 0.3 is 0 Å². The number of aliphatic hydroxyl groups is 1. The van der Waals surface area contributed by atoms with Crippen LogP contribution >= 0.6 is 0 Å². The van der Waals surface area contributed by atoms with E-state index in [1.54, 1.807) is 9.80 Å². The molecule has 2 aliphatic rings. The van der Waals surface area contributed by atoms with Crippen molar-refractivity contribution < 1.29 is 14.7 Å². The monoisotopic (exact) mass is 320 g/mol. The van der Waals surface area contributed by atoms with E-state index in [0.29, 0.717) is 32.5 Å². The third kappa shape index (κ3) is 3.72. The van der Waals surface area contributed by atoms with Crippen LogP contribution in [0, 0.1) is 12.8 Å². The third-order valence-electron chi connectivity index (χ3n) is 4.74. The van der Waals surface area contributed by atoms with E-state index in [2.05, 4.69) is 10.2 Å². The summed E-state index contributed by atoms with van der Waals surface area (Å²) in [5.74, 6) is -0.00777. The highest BCUT2D eigenvalue weighted by atomic mass is 16.3. The Morgan fingerprint density at radius 3 is 2.96 bits per heavy atom. The Morgan fingerprint density at radius 2 is 2.26 bits per heavy atom. The van der Waals surface area contributed by atoms with Crippen molar-refractivity contribution in [2.75, 3.05) is 26.2 Å². The Kier molecular flexibility index (Phi) is 4.66. The molecule has 3 heterocycles. The summed E-state index contributed by atoms with van der Waals surface area (Å²) in [5.41, 5.74) is 1.90. The Balaban J connectivity index is 1.54. The number of nitrogens with zero attached hydrogens (tertiary/aromatic N) is 3. The molecule has 0 aliphatic carbocycles. The van der Waals surface area contributed by atoms with Gasteiger partial charge < -0.3 is 14.9 Å². The molecule has 2 atom stereocenters. The number of hydrogen-bond donors (Lipinski definition) is 2. The summed E-state index contributed by atoms with van der Waals surface area (Å²) in [7, 11) is 0. The second-order valence-electron chi connectivity index (χ2n) is 6.64. The number of carbonyl (C=O) groups is 2. The maximum absolute atomic E-state index is 12.4. The predicted octanol–water partition coefficient (Wildman–Crippen LogP) is 0.0924. The van der Waals surface area contributed by atoms with Crippen molar-refractivity contribution in [3.05, 3.63) is 17.5 Å². The number of H-pyrrole nitrogens is 1. The molecule has 3 rings (SSSR count). The van der Waals surface area contributed by atoms with E-state index >= 15 is 0 Å². The van der Waals surface area contributed by atoms with Crippen LogP contribution in [-0.4, -0.2) is 69.2 Å². The quantitative estimate of drug-likeness (QED) is 0.823. The van der Waals surface area contributed by atoms with Crippen LogP contribution in [0.1, 0.15) is 30.7 Å². The number of aromatic amines is 1. The lowest BCUT2D eigenvalue weighted by Gasteiger charge is -2.28. The fourth-order valence-electron chi connectivity index (χ4n) is 3.40. The van der Waals surface area contributed by atoms with Crippen molar-refractivity contribution in [1.82, 2.24) is 20.0 Å². The number of hydrogen-bond acceptors (Lipinski definition) is 4. The summed E-state index contributed by atoms with van der Waals surface area (Å²) in [6.45, 7) is 3.60. The zero-order valence-corrected chi connectivity index (χ0v) is 13.5. The SMILES string of the molecule is Cc1cc(C[C@@H]2CN(C(=O)CN3CCCCC3=O)C[C@@H]2O)n[nH]1. The number of carbonyl (C=O) groups excluding carboxylic acids is 2. The van der Waals surface area contributed by atoms with Crippen molar-refractivity contribution in [1.29, 1.82) is 0 Å². The molecule has 0 aromatic carbocycles. The maximum Gasteiger partial charge on any atom is 0.242 e. The Morgan fingerprint density at radius 1 is 1.43 bits per heavy atom. The second-order valence-corrected chi connectivity index (χ2v) is 6.64. The van der Waals surface area contributed by atoms with Crippen LogP contribution in [0.4, 0.5) is 0 Å². The first-order chi connectivity index (χ1) is 11.0. The molecule has 1 aromatic rings. The lowest BCUT2D eigenvalue weighted by Crippen LogP contribution is -2.44. The number of rotatable bonds is 4. The van der Waals surface area contributed by atoms with E-state index in [1.807, 2.05) is 13.0 Å². The van der Waals surface area contributed by atoms with Gasteiger partial charge in [-0.25, -0.2) is 0 Å². The predicted molar refractivity (Wildman–Crippen MR) is 83.5 cm³/mol. The number of amides is 2. The minimum atomic E-state index is -0.534. The Hall–Kier alpha value is -1.89. The van der Waals surface area contributed by atoms with Gasteiger partial charge in [-0.05, 0) is 32.3 Å². The summed E-state index contributed by atoms with van der Waals surface area (Å²) in [6, 6.07) is 1.96. The van der Waals surface area contributed by atoms with Crippen molar-refractivity contribution in [3.63, 3.8) is 0 Å². The molecular formula is C16H24N4O3. The summed E-state index contributed by atoms with van der Waals surface area (Å²) in [6.07, 6.45) is 2.53. The molecule has 7 nitrogen and oxygen atoms in total.